The van der Waals surface area contributed by atoms with E-state index in [9.17, 15) is 22.0 Å². The normalized spacial score (nSPS) is 10.3. The van der Waals surface area contributed by atoms with Gasteiger partial charge < -0.3 is 11.1 Å². The molecule has 0 aliphatic carbocycles. The van der Waals surface area contributed by atoms with Crippen LogP contribution in [0.3, 0.4) is 0 Å². The van der Waals surface area contributed by atoms with E-state index in [1.54, 1.807) is 0 Å². The van der Waals surface area contributed by atoms with Gasteiger partial charge in [0.05, 0.1) is 0 Å². The smallest absolute Gasteiger partial charge is 0.134 e. The molecule has 120 valence electrons. The van der Waals surface area contributed by atoms with E-state index in [1.165, 1.54) is 0 Å². The Hall–Kier alpha value is -1.86. The highest BCUT2D eigenvalue weighted by molar-refractivity contribution is 5.85. The number of halogens is 6. The molecule has 2 rings (SSSR count). The van der Waals surface area contributed by atoms with E-state index in [4.69, 9.17) is 5.73 Å². The minimum Gasteiger partial charge on any atom is -0.380 e. The second-order valence-electron chi connectivity index (χ2n) is 4.32. The molecular weight excluding hydrogens is 327 g/mol. The maximum Gasteiger partial charge on any atom is 0.134 e. The fraction of sp³-hybridized carbons (Fsp3) is 0.143. The highest BCUT2D eigenvalue weighted by atomic mass is 35.5. The van der Waals surface area contributed by atoms with Gasteiger partial charge in [-0.25, -0.2) is 22.0 Å². The minimum absolute atomic E-state index is 0. The van der Waals surface area contributed by atoms with Gasteiger partial charge in [-0.15, -0.1) is 12.4 Å². The molecule has 0 atom stereocenters. The van der Waals surface area contributed by atoms with Gasteiger partial charge >= 0.3 is 0 Å². The van der Waals surface area contributed by atoms with Gasteiger partial charge in [0.1, 0.15) is 29.1 Å². The summed E-state index contributed by atoms with van der Waals surface area (Å²) in [6.45, 7) is -0.628. The summed E-state index contributed by atoms with van der Waals surface area (Å²) in [5.74, 6) is -4.95. The van der Waals surface area contributed by atoms with Crippen molar-refractivity contribution >= 4 is 18.1 Å². The van der Waals surface area contributed by atoms with Gasteiger partial charge in [-0.3, -0.25) is 0 Å². The lowest BCUT2D eigenvalue weighted by atomic mass is 10.1. The SMILES string of the molecule is Cl.NCc1c(F)cc(F)cc1NCc1c(F)cc(F)cc1F. The third-order valence-corrected chi connectivity index (χ3v) is 2.93. The van der Waals surface area contributed by atoms with E-state index < -0.39 is 41.2 Å². The zero-order valence-corrected chi connectivity index (χ0v) is 11.9. The predicted octanol–water partition coefficient (Wildman–Crippen LogP) is 3.87. The Balaban J connectivity index is 0.00000242. The highest BCUT2D eigenvalue weighted by Crippen LogP contribution is 2.23. The van der Waals surface area contributed by atoms with Crippen LogP contribution in [0.4, 0.5) is 27.6 Å². The van der Waals surface area contributed by atoms with Crippen molar-refractivity contribution < 1.29 is 22.0 Å². The van der Waals surface area contributed by atoms with E-state index in [0.29, 0.717) is 18.2 Å². The first kappa shape index (κ1) is 18.2. The van der Waals surface area contributed by atoms with Crippen molar-refractivity contribution in [1.82, 2.24) is 0 Å². The summed E-state index contributed by atoms with van der Waals surface area (Å²) in [6.07, 6.45) is 0. The molecule has 0 unspecified atom stereocenters. The number of anilines is 1. The lowest BCUT2D eigenvalue weighted by molar-refractivity contribution is 0.526. The topological polar surface area (TPSA) is 38.0 Å². The fourth-order valence-corrected chi connectivity index (χ4v) is 1.89. The number of nitrogens with two attached hydrogens (primary N) is 1. The molecule has 0 aromatic heterocycles. The maximum atomic E-state index is 13.5. The van der Waals surface area contributed by atoms with Crippen LogP contribution in [0.2, 0.25) is 0 Å². The summed E-state index contributed by atoms with van der Waals surface area (Å²) in [5, 5.41) is 2.50. The summed E-state index contributed by atoms with van der Waals surface area (Å²) in [6, 6.07) is 2.67. The second-order valence-corrected chi connectivity index (χ2v) is 4.32. The van der Waals surface area contributed by atoms with Crippen molar-refractivity contribution in [1.29, 1.82) is 0 Å². The Morgan fingerprint density at radius 1 is 0.773 bits per heavy atom. The summed E-state index contributed by atoms with van der Waals surface area (Å²) in [5.41, 5.74) is 4.88. The van der Waals surface area contributed by atoms with Crippen LogP contribution in [-0.2, 0) is 13.1 Å². The number of rotatable bonds is 4. The van der Waals surface area contributed by atoms with Gasteiger partial charge in [0.25, 0.3) is 0 Å². The first-order valence-corrected chi connectivity index (χ1v) is 5.97. The first-order chi connectivity index (χ1) is 9.92. The van der Waals surface area contributed by atoms with Crippen molar-refractivity contribution in [2.45, 2.75) is 13.1 Å². The summed E-state index contributed by atoms with van der Waals surface area (Å²) >= 11 is 0. The average molecular weight is 339 g/mol. The molecule has 0 bridgehead atoms. The molecule has 3 N–H and O–H groups in total. The van der Waals surface area contributed by atoms with Crippen LogP contribution in [-0.4, -0.2) is 0 Å². The van der Waals surface area contributed by atoms with Crippen LogP contribution < -0.4 is 11.1 Å². The van der Waals surface area contributed by atoms with E-state index in [-0.39, 0.29) is 30.2 Å². The summed E-state index contributed by atoms with van der Waals surface area (Å²) < 4.78 is 66.4. The molecule has 0 aliphatic rings. The first-order valence-electron chi connectivity index (χ1n) is 5.97. The second kappa shape index (κ2) is 7.42. The molecule has 0 saturated heterocycles. The van der Waals surface area contributed by atoms with Crippen molar-refractivity contribution in [3.8, 4) is 0 Å². The lowest BCUT2D eigenvalue weighted by Crippen LogP contribution is -2.10. The van der Waals surface area contributed by atoms with Crippen molar-refractivity contribution in [3.05, 3.63) is 64.5 Å². The van der Waals surface area contributed by atoms with E-state index in [0.717, 1.165) is 6.07 Å². The van der Waals surface area contributed by atoms with Crippen molar-refractivity contribution in [2.24, 2.45) is 5.73 Å². The predicted molar refractivity (Wildman–Crippen MR) is 75.1 cm³/mol. The molecule has 0 radical (unpaired) electrons. The zero-order valence-electron chi connectivity index (χ0n) is 11.1. The number of hydrogen-bond donors (Lipinski definition) is 2. The van der Waals surface area contributed by atoms with Crippen molar-refractivity contribution in [2.75, 3.05) is 5.32 Å². The van der Waals surface area contributed by atoms with Crippen LogP contribution >= 0.6 is 12.4 Å². The highest BCUT2D eigenvalue weighted by Gasteiger charge is 2.14. The third-order valence-electron chi connectivity index (χ3n) is 2.93. The van der Waals surface area contributed by atoms with Crippen molar-refractivity contribution in [3.63, 3.8) is 0 Å². The van der Waals surface area contributed by atoms with Crippen LogP contribution in [0, 0.1) is 29.1 Å². The Bertz CT molecular complexity index is 656. The standard InChI is InChI=1S/C14H11F5N2.ClH/c15-7-1-12(18)10(13(19)2-7)6-21-14-4-8(16)3-11(17)9(14)5-20;/h1-4,21H,5-6,20H2;1H. The minimum atomic E-state index is -1.09. The molecular formula is C14H12ClF5N2. The molecule has 22 heavy (non-hydrogen) atoms. The van der Waals surface area contributed by atoms with E-state index in [2.05, 4.69) is 5.32 Å². The molecule has 0 aliphatic heterocycles. The molecule has 2 nitrogen and oxygen atoms in total. The molecule has 8 heteroatoms. The van der Waals surface area contributed by atoms with Gasteiger partial charge in [-0.1, -0.05) is 0 Å². The number of nitrogens with one attached hydrogen (secondary N) is 1. The Labute approximate surface area is 129 Å². The molecule has 0 amide bonds. The van der Waals surface area contributed by atoms with Crippen LogP contribution in [0.25, 0.3) is 0 Å². The van der Waals surface area contributed by atoms with Crippen LogP contribution in [0.5, 0.6) is 0 Å². The molecule has 0 fully saturated rings. The Kier molecular flexibility index (Phi) is 6.13. The lowest BCUT2D eigenvalue weighted by Gasteiger charge is -2.13. The van der Waals surface area contributed by atoms with E-state index in [1.807, 2.05) is 0 Å². The van der Waals surface area contributed by atoms with Crippen LogP contribution in [0.15, 0.2) is 24.3 Å². The molecule has 0 spiro atoms. The molecule has 2 aromatic rings. The monoisotopic (exact) mass is 338 g/mol. The summed E-state index contributed by atoms with van der Waals surface area (Å²) in [7, 11) is 0. The Morgan fingerprint density at radius 2 is 1.23 bits per heavy atom. The van der Waals surface area contributed by atoms with Gasteiger partial charge in [0.2, 0.25) is 0 Å². The maximum absolute atomic E-state index is 13.5. The summed E-state index contributed by atoms with van der Waals surface area (Å²) in [4.78, 5) is 0. The average Bonchev–Trinajstić information content (AvgIpc) is 2.36. The number of benzene rings is 2. The van der Waals surface area contributed by atoms with E-state index >= 15 is 0 Å². The Morgan fingerprint density at radius 3 is 1.73 bits per heavy atom. The van der Waals surface area contributed by atoms with Gasteiger partial charge in [-0.05, 0) is 6.07 Å². The molecule has 0 saturated carbocycles. The quantitative estimate of drug-likeness (QED) is 0.830. The zero-order chi connectivity index (χ0) is 15.6. The molecule has 0 heterocycles. The van der Waals surface area contributed by atoms with Crippen LogP contribution in [0.1, 0.15) is 11.1 Å². The van der Waals surface area contributed by atoms with Gasteiger partial charge in [-0.2, -0.15) is 0 Å². The number of hydrogen-bond acceptors (Lipinski definition) is 2. The fourth-order valence-electron chi connectivity index (χ4n) is 1.89. The largest absolute Gasteiger partial charge is 0.380 e. The van der Waals surface area contributed by atoms with Gasteiger partial charge in [0.15, 0.2) is 0 Å². The third kappa shape index (κ3) is 3.86. The molecule has 2 aromatic carbocycles. The van der Waals surface area contributed by atoms with Gasteiger partial charge in [0, 0.05) is 48.1 Å².